The van der Waals surface area contributed by atoms with Gasteiger partial charge in [0.15, 0.2) is 6.04 Å². The zero-order valence-electron chi connectivity index (χ0n) is 19.6. The van der Waals surface area contributed by atoms with Gasteiger partial charge in [-0.2, -0.15) is 0 Å². The van der Waals surface area contributed by atoms with Gasteiger partial charge in [0.2, 0.25) is 5.91 Å². The van der Waals surface area contributed by atoms with Crippen molar-refractivity contribution in [2.24, 2.45) is 5.41 Å². The van der Waals surface area contributed by atoms with E-state index in [9.17, 15) is 19.5 Å². The van der Waals surface area contributed by atoms with Crippen molar-refractivity contribution in [2.45, 2.75) is 38.8 Å². The molecule has 8 nitrogen and oxygen atoms in total. The number of ether oxygens (including phenoxy) is 2. The summed E-state index contributed by atoms with van der Waals surface area (Å²) in [6.45, 7) is 5.65. The average molecular weight is 467 g/mol. The molecule has 2 aliphatic rings. The first-order chi connectivity index (χ1) is 16.2. The lowest BCUT2D eigenvalue weighted by Gasteiger charge is -2.41. The summed E-state index contributed by atoms with van der Waals surface area (Å²) in [6.07, 6.45) is -1.23. The number of morpholine rings is 1. The number of nitrogens with one attached hydrogen (secondary N) is 1. The number of carboxylic acid groups (broad SMARTS) is 1. The zero-order chi connectivity index (χ0) is 24.5. The van der Waals surface area contributed by atoms with Crippen molar-refractivity contribution < 1.29 is 29.0 Å². The van der Waals surface area contributed by atoms with Gasteiger partial charge in [0, 0.05) is 19.0 Å². The van der Waals surface area contributed by atoms with Gasteiger partial charge in [-0.15, -0.1) is 0 Å². The van der Waals surface area contributed by atoms with E-state index in [1.165, 1.54) is 4.90 Å². The Kier molecular flexibility index (Phi) is 6.61. The van der Waals surface area contributed by atoms with Crippen LogP contribution in [0.25, 0.3) is 11.1 Å². The molecule has 2 atom stereocenters. The molecule has 180 valence electrons. The Labute approximate surface area is 198 Å². The van der Waals surface area contributed by atoms with Crippen molar-refractivity contribution in [1.29, 1.82) is 0 Å². The highest BCUT2D eigenvalue weighted by molar-refractivity contribution is 5.88. The summed E-state index contributed by atoms with van der Waals surface area (Å²) in [6, 6.07) is 15.1. The molecule has 2 aromatic rings. The monoisotopic (exact) mass is 466 g/mol. The Morgan fingerprint density at radius 2 is 1.68 bits per heavy atom. The molecule has 2 N–H and O–H groups in total. The van der Waals surface area contributed by atoms with E-state index in [-0.39, 0.29) is 38.1 Å². The van der Waals surface area contributed by atoms with E-state index in [0.717, 1.165) is 22.3 Å². The SMILES string of the molecule is CC1OCCN(C(=O)C(C)(C)CNC(=O)OCC2c3ccccc3-c3ccccc32)C1C(=O)O. The van der Waals surface area contributed by atoms with Gasteiger partial charge in [-0.3, -0.25) is 4.79 Å². The minimum atomic E-state index is -1.11. The van der Waals surface area contributed by atoms with Gasteiger partial charge >= 0.3 is 12.1 Å². The number of aliphatic carboxylic acids is 1. The summed E-state index contributed by atoms with van der Waals surface area (Å²) < 4.78 is 11.0. The van der Waals surface area contributed by atoms with Crippen molar-refractivity contribution in [3.8, 4) is 11.1 Å². The van der Waals surface area contributed by atoms with Crippen LogP contribution in [-0.2, 0) is 19.1 Å². The number of alkyl carbamates (subject to hydrolysis) is 1. The summed E-state index contributed by atoms with van der Waals surface area (Å²) in [5, 5.41) is 12.2. The first-order valence-electron chi connectivity index (χ1n) is 11.4. The van der Waals surface area contributed by atoms with Gasteiger partial charge in [0.1, 0.15) is 6.61 Å². The molecule has 34 heavy (non-hydrogen) atoms. The smallest absolute Gasteiger partial charge is 0.407 e. The lowest BCUT2D eigenvalue weighted by Crippen LogP contribution is -2.60. The number of hydrogen-bond acceptors (Lipinski definition) is 5. The number of fused-ring (bicyclic) bond motifs is 3. The number of carboxylic acids is 1. The molecule has 1 fully saturated rings. The normalized spacial score (nSPS) is 19.8. The maximum atomic E-state index is 13.1. The Morgan fingerprint density at radius 3 is 2.26 bits per heavy atom. The molecular weight excluding hydrogens is 436 g/mol. The lowest BCUT2D eigenvalue weighted by atomic mass is 9.90. The van der Waals surface area contributed by atoms with Crippen LogP contribution in [-0.4, -0.2) is 66.4 Å². The van der Waals surface area contributed by atoms with E-state index in [2.05, 4.69) is 17.4 Å². The van der Waals surface area contributed by atoms with E-state index in [0.29, 0.717) is 0 Å². The number of rotatable bonds is 6. The summed E-state index contributed by atoms with van der Waals surface area (Å²) >= 11 is 0. The van der Waals surface area contributed by atoms with Crippen molar-refractivity contribution in [2.75, 3.05) is 26.3 Å². The average Bonchev–Trinajstić information content (AvgIpc) is 3.14. The van der Waals surface area contributed by atoms with Gasteiger partial charge in [-0.05, 0) is 43.0 Å². The van der Waals surface area contributed by atoms with Crippen LogP contribution in [0, 0.1) is 5.41 Å². The summed E-state index contributed by atoms with van der Waals surface area (Å²) in [5.74, 6) is -1.52. The largest absolute Gasteiger partial charge is 0.480 e. The van der Waals surface area contributed by atoms with Crippen molar-refractivity contribution in [1.82, 2.24) is 10.2 Å². The second-order valence-electron chi connectivity index (χ2n) is 9.42. The molecular formula is C26H30N2O6. The molecule has 2 aromatic carbocycles. The molecule has 0 spiro atoms. The van der Waals surface area contributed by atoms with E-state index in [1.54, 1.807) is 20.8 Å². The van der Waals surface area contributed by atoms with Crippen LogP contribution in [0.5, 0.6) is 0 Å². The van der Waals surface area contributed by atoms with E-state index >= 15 is 0 Å². The number of carbonyl (C=O) groups excluding carboxylic acids is 2. The number of hydrogen-bond donors (Lipinski definition) is 2. The molecule has 0 aromatic heterocycles. The highest BCUT2D eigenvalue weighted by Crippen LogP contribution is 2.44. The summed E-state index contributed by atoms with van der Waals surface area (Å²) in [7, 11) is 0. The molecule has 2 amide bonds. The fourth-order valence-corrected chi connectivity index (χ4v) is 4.79. The minimum absolute atomic E-state index is 0.0145. The van der Waals surface area contributed by atoms with Gasteiger partial charge in [-0.1, -0.05) is 48.5 Å². The third-order valence-electron chi connectivity index (χ3n) is 6.60. The van der Waals surface area contributed by atoms with E-state index < -0.39 is 29.6 Å². The minimum Gasteiger partial charge on any atom is -0.480 e. The lowest BCUT2D eigenvalue weighted by molar-refractivity contribution is -0.169. The fraction of sp³-hybridized carbons (Fsp3) is 0.423. The van der Waals surface area contributed by atoms with E-state index in [4.69, 9.17) is 9.47 Å². The Hall–Kier alpha value is -3.39. The van der Waals surface area contributed by atoms with Crippen LogP contribution in [0.4, 0.5) is 4.79 Å². The van der Waals surface area contributed by atoms with Crippen molar-refractivity contribution in [3.63, 3.8) is 0 Å². The number of nitrogens with zero attached hydrogens (tertiary/aromatic N) is 1. The first kappa shape index (κ1) is 23.8. The fourth-order valence-electron chi connectivity index (χ4n) is 4.79. The number of carbonyl (C=O) groups is 3. The van der Waals surface area contributed by atoms with Gasteiger partial charge in [-0.25, -0.2) is 9.59 Å². The molecule has 1 saturated heterocycles. The van der Waals surface area contributed by atoms with Crippen LogP contribution in [0.2, 0.25) is 0 Å². The standard InChI is InChI=1S/C26H30N2O6/c1-16-22(23(29)30)28(12-13-33-16)24(31)26(2,3)15-27-25(32)34-14-21-19-10-6-4-8-17(19)18-9-5-7-11-20(18)21/h4-11,16,21-22H,12-15H2,1-3H3,(H,27,32)(H,29,30). The maximum Gasteiger partial charge on any atom is 0.407 e. The molecule has 1 aliphatic heterocycles. The molecule has 4 rings (SSSR count). The topological polar surface area (TPSA) is 105 Å². The third kappa shape index (κ3) is 4.50. The molecule has 1 heterocycles. The third-order valence-corrected chi connectivity index (χ3v) is 6.60. The quantitative estimate of drug-likeness (QED) is 0.677. The molecule has 0 saturated carbocycles. The van der Waals surface area contributed by atoms with Crippen LogP contribution < -0.4 is 5.32 Å². The molecule has 8 heteroatoms. The Morgan fingerprint density at radius 1 is 1.09 bits per heavy atom. The molecule has 1 aliphatic carbocycles. The van der Waals surface area contributed by atoms with Crippen LogP contribution >= 0.6 is 0 Å². The Balaban J connectivity index is 1.37. The van der Waals surface area contributed by atoms with Crippen LogP contribution in [0.3, 0.4) is 0 Å². The second-order valence-corrected chi connectivity index (χ2v) is 9.42. The zero-order valence-corrected chi connectivity index (χ0v) is 19.6. The van der Waals surface area contributed by atoms with Crippen molar-refractivity contribution >= 4 is 18.0 Å². The van der Waals surface area contributed by atoms with Gasteiger partial charge in [0.25, 0.3) is 0 Å². The van der Waals surface area contributed by atoms with Gasteiger partial charge in [0.05, 0.1) is 18.1 Å². The number of amides is 2. The van der Waals surface area contributed by atoms with E-state index in [1.807, 2.05) is 36.4 Å². The molecule has 0 bridgehead atoms. The van der Waals surface area contributed by atoms with Crippen molar-refractivity contribution in [3.05, 3.63) is 59.7 Å². The van der Waals surface area contributed by atoms with Crippen LogP contribution in [0.1, 0.15) is 37.8 Å². The molecule has 2 unspecified atom stereocenters. The summed E-state index contributed by atoms with van der Waals surface area (Å²) in [5.41, 5.74) is 3.51. The molecule has 0 radical (unpaired) electrons. The maximum absolute atomic E-state index is 13.1. The van der Waals surface area contributed by atoms with Crippen LogP contribution in [0.15, 0.2) is 48.5 Å². The number of benzene rings is 2. The Bertz CT molecular complexity index is 1050. The van der Waals surface area contributed by atoms with Gasteiger partial charge < -0.3 is 24.8 Å². The summed E-state index contributed by atoms with van der Waals surface area (Å²) in [4.78, 5) is 38.7. The highest BCUT2D eigenvalue weighted by Gasteiger charge is 2.43. The predicted molar refractivity (Wildman–Crippen MR) is 125 cm³/mol. The second kappa shape index (κ2) is 9.46. The highest BCUT2D eigenvalue weighted by atomic mass is 16.5. The predicted octanol–water partition coefficient (Wildman–Crippen LogP) is 3.25. The first-order valence-corrected chi connectivity index (χ1v) is 11.4.